The van der Waals surface area contributed by atoms with Gasteiger partial charge in [-0.3, -0.25) is 0 Å². The van der Waals surface area contributed by atoms with Crippen LogP contribution in [0.3, 0.4) is 0 Å². The number of likely N-dealkylation sites (tertiary alicyclic amines) is 1. The zero-order chi connectivity index (χ0) is 12.3. The van der Waals surface area contributed by atoms with Gasteiger partial charge in [0.2, 0.25) is 0 Å². The molecule has 5 heteroatoms. The molecular weight excluding hydrogens is 217 g/mol. The van der Waals surface area contributed by atoms with Crippen molar-refractivity contribution in [1.82, 2.24) is 4.90 Å². The summed E-state index contributed by atoms with van der Waals surface area (Å²) in [5, 5.41) is 7.59. The first kappa shape index (κ1) is 13.1. The van der Waals surface area contributed by atoms with E-state index in [4.69, 9.17) is 5.41 Å². The number of nitrogens with zero attached hydrogens (tertiary/aromatic N) is 1. The van der Waals surface area contributed by atoms with E-state index in [1.165, 1.54) is 0 Å². The van der Waals surface area contributed by atoms with Crippen molar-refractivity contribution < 1.29 is 13.2 Å². The van der Waals surface area contributed by atoms with Crippen LogP contribution in [0.2, 0.25) is 0 Å². The van der Waals surface area contributed by atoms with Crippen LogP contribution < -0.4 is 0 Å². The monoisotopic (exact) mass is 234 g/mol. The van der Waals surface area contributed by atoms with Crippen LogP contribution >= 0.6 is 0 Å². The number of alkyl halides is 3. The summed E-state index contributed by atoms with van der Waals surface area (Å²) in [4.78, 5) is 1.79. The Hall–Kier alpha value is -1.00. The van der Waals surface area contributed by atoms with Crippen LogP contribution in [0.15, 0.2) is 12.3 Å². The third-order valence-corrected chi connectivity index (χ3v) is 3.04. The van der Waals surface area contributed by atoms with Crippen LogP contribution in [-0.2, 0) is 0 Å². The molecule has 1 heterocycles. The Morgan fingerprint density at radius 3 is 2.25 bits per heavy atom. The van der Waals surface area contributed by atoms with Gasteiger partial charge in [-0.25, -0.2) is 0 Å². The number of hydrogen-bond acceptors (Lipinski definition) is 2. The second-order valence-electron chi connectivity index (χ2n) is 4.08. The molecule has 1 rings (SSSR count). The largest absolute Gasteiger partial charge is 0.391 e. The van der Waals surface area contributed by atoms with Gasteiger partial charge >= 0.3 is 6.18 Å². The van der Waals surface area contributed by atoms with Gasteiger partial charge < -0.3 is 10.3 Å². The van der Waals surface area contributed by atoms with Crippen LogP contribution in [0.25, 0.3) is 0 Å². The molecule has 16 heavy (non-hydrogen) atoms. The highest BCUT2D eigenvalue weighted by atomic mass is 19.4. The van der Waals surface area contributed by atoms with Gasteiger partial charge in [-0.15, -0.1) is 0 Å². The molecule has 0 aromatic rings. The number of halogens is 3. The Balaban J connectivity index is 2.49. The summed E-state index contributed by atoms with van der Waals surface area (Å²) >= 11 is 0. The van der Waals surface area contributed by atoms with Crippen molar-refractivity contribution in [2.24, 2.45) is 5.92 Å². The number of piperidine rings is 1. The smallest absolute Gasteiger partial charge is 0.371 e. The maximum absolute atomic E-state index is 12.4. The Morgan fingerprint density at radius 2 is 1.88 bits per heavy atom. The van der Waals surface area contributed by atoms with Crippen LogP contribution in [0, 0.1) is 11.3 Å². The molecule has 0 amide bonds. The molecule has 0 spiro atoms. The van der Waals surface area contributed by atoms with Crippen molar-refractivity contribution in [3.8, 4) is 0 Å². The minimum Gasteiger partial charge on any atom is -0.371 e. The van der Waals surface area contributed by atoms with Gasteiger partial charge in [-0.2, -0.15) is 13.2 Å². The van der Waals surface area contributed by atoms with Crippen LogP contribution in [-0.4, -0.2) is 29.9 Å². The second-order valence-corrected chi connectivity index (χ2v) is 4.08. The first-order chi connectivity index (χ1) is 7.36. The molecule has 0 radical (unpaired) electrons. The molecule has 0 aromatic carbocycles. The van der Waals surface area contributed by atoms with Gasteiger partial charge in [0, 0.05) is 13.1 Å². The van der Waals surface area contributed by atoms with Gasteiger partial charge in [0.15, 0.2) is 0 Å². The fourth-order valence-corrected chi connectivity index (χ4v) is 1.87. The van der Waals surface area contributed by atoms with Crippen LogP contribution in [0.4, 0.5) is 13.2 Å². The lowest BCUT2D eigenvalue weighted by Crippen LogP contribution is -2.39. The van der Waals surface area contributed by atoms with E-state index in [1.807, 2.05) is 6.92 Å². The number of nitrogens with one attached hydrogen (secondary N) is 1. The van der Waals surface area contributed by atoms with E-state index in [0.29, 0.717) is 30.9 Å². The highest BCUT2D eigenvalue weighted by Crippen LogP contribution is 2.34. The molecule has 1 aliphatic rings. The molecule has 92 valence electrons. The maximum atomic E-state index is 12.4. The fraction of sp³-hybridized carbons (Fsp3) is 0.727. The lowest BCUT2D eigenvalue weighted by Gasteiger charge is -2.35. The minimum atomic E-state index is -4.08. The summed E-state index contributed by atoms with van der Waals surface area (Å²) in [5.74, 6) is -1.19. The fourth-order valence-electron chi connectivity index (χ4n) is 1.87. The van der Waals surface area contributed by atoms with Crippen LogP contribution in [0.1, 0.15) is 26.2 Å². The van der Waals surface area contributed by atoms with E-state index in [2.05, 4.69) is 6.58 Å². The molecule has 1 saturated heterocycles. The Morgan fingerprint density at radius 1 is 1.38 bits per heavy atom. The van der Waals surface area contributed by atoms with Gasteiger partial charge in [0.1, 0.15) is 0 Å². The average molecular weight is 234 g/mol. The maximum Gasteiger partial charge on any atom is 0.391 e. The normalized spacial score (nSPS) is 18.6. The van der Waals surface area contributed by atoms with E-state index in [1.54, 1.807) is 4.90 Å². The molecule has 1 N–H and O–H groups in total. The SMILES string of the molecule is C=C(C(=N)CC)N1CCC(C(F)(F)F)CC1. The molecule has 2 nitrogen and oxygen atoms in total. The quantitative estimate of drug-likeness (QED) is 0.746. The molecule has 0 aromatic heterocycles. The highest BCUT2D eigenvalue weighted by molar-refractivity contribution is 5.96. The van der Waals surface area contributed by atoms with Gasteiger partial charge in [-0.1, -0.05) is 13.5 Å². The molecule has 0 unspecified atom stereocenters. The number of hydrogen-bond donors (Lipinski definition) is 1. The highest BCUT2D eigenvalue weighted by Gasteiger charge is 2.41. The topological polar surface area (TPSA) is 27.1 Å². The molecule has 0 saturated carbocycles. The first-order valence-corrected chi connectivity index (χ1v) is 5.44. The molecule has 1 fully saturated rings. The molecule has 0 bridgehead atoms. The van der Waals surface area contributed by atoms with Gasteiger partial charge in [0.25, 0.3) is 0 Å². The molecule has 1 aliphatic heterocycles. The van der Waals surface area contributed by atoms with Crippen molar-refractivity contribution in [2.75, 3.05) is 13.1 Å². The Kier molecular flexibility index (Phi) is 3.99. The minimum absolute atomic E-state index is 0.111. The van der Waals surface area contributed by atoms with Crippen molar-refractivity contribution in [1.29, 1.82) is 5.41 Å². The van der Waals surface area contributed by atoms with Crippen molar-refractivity contribution >= 4 is 5.71 Å². The van der Waals surface area contributed by atoms with Gasteiger partial charge in [0.05, 0.1) is 17.3 Å². The average Bonchev–Trinajstić information content (AvgIpc) is 2.26. The predicted molar refractivity (Wildman–Crippen MR) is 57.5 cm³/mol. The number of rotatable bonds is 3. The standard InChI is InChI=1S/C11H17F3N2/c1-3-10(15)8(2)16-6-4-9(5-7-16)11(12,13)14/h9,15H,2-7H2,1H3. The Bertz CT molecular complexity index is 275. The second kappa shape index (κ2) is 4.89. The molecular formula is C11H17F3N2. The Labute approximate surface area is 93.6 Å². The first-order valence-electron chi connectivity index (χ1n) is 5.44. The third kappa shape index (κ3) is 3.00. The van der Waals surface area contributed by atoms with Crippen molar-refractivity contribution in [3.63, 3.8) is 0 Å². The zero-order valence-corrected chi connectivity index (χ0v) is 9.40. The van der Waals surface area contributed by atoms with Gasteiger partial charge in [-0.05, 0) is 19.3 Å². The summed E-state index contributed by atoms with van der Waals surface area (Å²) in [6, 6.07) is 0. The lowest BCUT2D eigenvalue weighted by molar-refractivity contribution is -0.183. The van der Waals surface area contributed by atoms with E-state index in [9.17, 15) is 13.2 Å². The van der Waals surface area contributed by atoms with E-state index in [0.717, 1.165) is 0 Å². The van der Waals surface area contributed by atoms with E-state index >= 15 is 0 Å². The summed E-state index contributed by atoms with van der Waals surface area (Å²) in [6.07, 6.45) is -3.29. The predicted octanol–water partition coefficient (Wildman–Crippen LogP) is 3.20. The van der Waals surface area contributed by atoms with E-state index < -0.39 is 12.1 Å². The lowest BCUT2D eigenvalue weighted by atomic mass is 9.95. The van der Waals surface area contributed by atoms with Crippen molar-refractivity contribution in [3.05, 3.63) is 12.3 Å². The summed E-state index contributed by atoms with van der Waals surface area (Å²) in [7, 11) is 0. The van der Waals surface area contributed by atoms with Crippen LogP contribution in [0.5, 0.6) is 0 Å². The zero-order valence-electron chi connectivity index (χ0n) is 9.40. The molecule has 0 aliphatic carbocycles. The summed E-state index contributed by atoms with van der Waals surface area (Å²) in [6.45, 7) is 6.30. The number of allylic oxidation sites excluding steroid dienone is 1. The van der Waals surface area contributed by atoms with Crippen molar-refractivity contribution in [2.45, 2.75) is 32.4 Å². The molecule has 0 atom stereocenters. The summed E-state index contributed by atoms with van der Waals surface area (Å²) in [5.41, 5.74) is 0.980. The third-order valence-electron chi connectivity index (χ3n) is 3.04. The summed E-state index contributed by atoms with van der Waals surface area (Å²) < 4.78 is 37.2. The van der Waals surface area contributed by atoms with E-state index in [-0.39, 0.29) is 12.8 Å².